The minimum Gasteiger partial charge on any atom is -0.377 e. The van der Waals surface area contributed by atoms with Gasteiger partial charge in [0, 0.05) is 12.2 Å². The summed E-state index contributed by atoms with van der Waals surface area (Å²) in [7, 11) is 0. The first-order chi connectivity index (χ1) is 10.2. The molecule has 0 spiro atoms. The van der Waals surface area contributed by atoms with Crippen molar-refractivity contribution in [3.63, 3.8) is 0 Å². The lowest BCUT2D eigenvalue weighted by atomic mass is 9.98. The Morgan fingerprint density at radius 1 is 1.05 bits per heavy atom. The lowest BCUT2D eigenvalue weighted by molar-refractivity contribution is 0.0994. The molecule has 0 radical (unpaired) electrons. The molecule has 0 saturated heterocycles. The van der Waals surface area contributed by atoms with Gasteiger partial charge in [0.05, 0.1) is 6.61 Å². The summed E-state index contributed by atoms with van der Waals surface area (Å²) < 4.78 is 5.69. The molecule has 0 bridgehead atoms. The maximum atomic E-state index is 11.7. The number of hydrogen-bond donors (Lipinski definition) is 0. The average Bonchev–Trinajstić information content (AvgIpc) is 2.52. The summed E-state index contributed by atoms with van der Waals surface area (Å²) in [5.74, 6) is 0.0868. The van der Waals surface area contributed by atoms with Gasteiger partial charge in [-0.1, -0.05) is 55.8 Å². The molecule has 0 aromatic heterocycles. The number of ketones is 1. The first-order valence-corrected chi connectivity index (χ1v) is 7.49. The monoisotopic (exact) mass is 282 g/mol. The second-order valence-electron chi connectivity index (χ2n) is 5.20. The average molecular weight is 282 g/mol. The zero-order chi connectivity index (χ0) is 15.1. The Hall–Kier alpha value is -1.93. The lowest BCUT2D eigenvalue weighted by Crippen LogP contribution is -2.03. The van der Waals surface area contributed by atoms with Crippen LogP contribution in [0.3, 0.4) is 0 Å². The van der Waals surface area contributed by atoms with Crippen LogP contribution in [0.5, 0.6) is 0 Å². The van der Waals surface area contributed by atoms with Crippen LogP contribution in [-0.2, 0) is 11.3 Å². The third kappa shape index (κ3) is 4.27. The van der Waals surface area contributed by atoms with Gasteiger partial charge in [0.15, 0.2) is 5.78 Å². The number of ether oxygens (including phenoxy) is 1. The van der Waals surface area contributed by atoms with Gasteiger partial charge >= 0.3 is 0 Å². The van der Waals surface area contributed by atoms with Gasteiger partial charge in [-0.3, -0.25) is 4.79 Å². The highest BCUT2D eigenvalue weighted by Crippen LogP contribution is 2.23. The van der Waals surface area contributed by atoms with Crippen LogP contribution in [0.2, 0.25) is 0 Å². The zero-order valence-corrected chi connectivity index (χ0v) is 12.8. The molecule has 0 heterocycles. The van der Waals surface area contributed by atoms with Crippen LogP contribution in [0.4, 0.5) is 0 Å². The molecule has 2 aromatic carbocycles. The smallest absolute Gasteiger partial charge is 0.160 e. The highest BCUT2D eigenvalue weighted by Gasteiger charge is 2.09. The highest BCUT2D eigenvalue weighted by molar-refractivity contribution is 5.96. The van der Waals surface area contributed by atoms with Crippen LogP contribution in [0.25, 0.3) is 11.1 Å². The van der Waals surface area contributed by atoms with Crippen LogP contribution >= 0.6 is 0 Å². The quantitative estimate of drug-likeness (QED) is 0.535. The van der Waals surface area contributed by atoms with Crippen molar-refractivity contribution in [3.8, 4) is 11.1 Å². The van der Waals surface area contributed by atoms with Gasteiger partial charge in [-0.2, -0.15) is 0 Å². The van der Waals surface area contributed by atoms with Gasteiger partial charge in [0.2, 0.25) is 0 Å². The van der Waals surface area contributed by atoms with E-state index in [1.807, 2.05) is 30.3 Å². The number of Topliss-reactive ketones (excluding diaryl/α,β-unsaturated/α-hetero) is 1. The first-order valence-electron chi connectivity index (χ1n) is 7.49. The van der Waals surface area contributed by atoms with Crippen LogP contribution in [0.1, 0.15) is 42.6 Å². The van der Waals surface area contributed by atoms with Gasteiger partial charge in [0.1, 0.15) is 0 Å². The van der Waals surface area contributed by atoms with Gasteiger partial charge < -0.3 is 4.74 Å². The van der Waals surface area contributed by atoms with E-state index in [1.54, 1.807) is 6.92 Å². The third-order valence-corrected chi connectivity index (χ3v) is 3.49. The summed E-state index contributed by atoms with van der Waals surface area (Å²) in [5.41, 5.74) is 4.00. The van der Waals surface area contributed by atoms with Crippen molar-refractivity contribution in [3.05, 3.63) is 59.7 Å². The molecule has 0 saturated carbocycles. The van der Waals surface area contributed by atoms with Gasteiger partial charge in [-0.15, -0.1) is 0 Å². The molecule has 0 N–H and O–H groups in total. The van der Waals surface area contributed by atoms with Crippen molar-refractivity contribution in [2.24, 2.45) is 0 Å². The van der Waals surface area contributed by atoms with Crippen LogP contribution in [0.15, 0.2) is 48.5 Å². The molecule has 2 heteroatoms. The largest absolute Gasteiger partial charge is 0.377 e. The number of unbranched alkanes of at least 4 members (excludes halogenated alkanes) is 1. The van der Waals surface area contributed by atoms with Crippen LogP contribution < -0.4 is 0 Å². The molecule has 0 atom stereocenters. The van der Waals surface area contributed by atoms with E-state index in [0.717, 1.165) is 41.7 Å². The minimum atomic E-state index is 0.0868. The molecule has 110 valence electrons. The number of rotatable bonds is 7. The molecule has 0 aliphatic carbocycles. The lowest BCUT2D eigenvalue weighted by Gasteiger charge is -2.11. The molecule has 2 aromatic rings. The summed E-state index contributed by atoms with van der Waals surface area (Å²) >= 11 is 0. The normalized spacial score (nSPS) is 10.6. The Kier molecular flexibility index (Phi) is 5.70. The van der Waals surface area contributed by atoms with E-state index in [9.17, 15) is 4.79 Å². The molecule has 2 nitrogen and oxygen atoms in total. The van der Waals surface area contributed by atoms with E-state index < -0.39 is 0 Å². The van der Waals surface area contributed by atoms with E-state index in [0.29, 0.717) is 6.61 Å². The molecule has 21 heavy (non-hydrogen) atoms. The summed E-state index contributed by atoms with van der Waals surface area (Å²) in [4.78, 5) is 11.7. The fourth-order valence-corrected chi connectivity index (χ4v) is 2.30. The molecule has 0 aliphatic heterocycles. The maximum Gasteiger partial charge on any atom is 0.160 e. The summed E-state index contributed by atoms with van der Waals surface area (Å²) in [5, 5.41) is 0. The SMILES string of the molecule is CCCCOCc1cc(-c2ccccc2)ccc1C(C)=O. The fraction of sp³-hybridized carbons (Fsp3) is 0.316. The molecular formula is C19H22O2. The number of hydrogen-bond acceptors (Lipinski definition) is 2. The number of carbonyl (C=O) groups excluding carboxylic acids is 1. The van der Waals surface area contributed by atoms with Crippen LogP contribution in [0, 0.1) is 0 Å². The van der Waals surface area contributed by atoms with Crippen molar-refractivity contribution in [1.82, 2.24) is 0 Å². The highest BCUT2D eigenvalue weighted by atomic mass is 16.5. The van der Waals surface area contributed by atoms with Crippen molar-refractivity contribution in [1.29, 1.82) is 0 Å². The molecule has 2 rings (SSSR count). The Morgan fingerprint density at radius 2 is 1.81 bits per heavy atom. The maximum absolute atomic E-state index is 11.7. The van der Waals surface area contributed by atoms with Crippen molar-refractivity contribution in [2.45, 2.75) is 33.3 Å². The molecule has 0 amide bonds. The fourth-order valence-electron chi connectivity index (χ4n) is 2.30. The molecule has 0 unspecified atom stereocenters. The standard InChI is InChI=1S/C19H22O2/c1-3-4-12-21-14-18-13-17(10-11-19(18)15(2)20)16-8-6-5-7-9-16/h5-11,13H,3-4,12,14H2,1-2H3. The minimum absolute atomic E-state index is 0.0868. The Labute approximate surface area is 126 Å². The Balaban J connectivity index is 2.24. The van der Waals surface area contributed by atoms with Crippen LogP contribution in [-0.4, -0.2) is 12.4 Å². The summed E-state index contributed by atoms with van der Waals surface area (Å²) in [6, 6.07) is 16.2. The predicted octanol–water partition coefficient (Wildman–Crippen LogP) is 4.87. The van der Waals surface area contributed by atoms with Gasteiger partial charge in [0.25, 0.3) is 0 Å². The first kappa shape index (κ1) is 15.5. The van der Waals surface area contributed by atoms with E-state index >= 15 is 0 Å². The molecule has 0 aliphatic rings. The van der Waals surface area contributed by atoms with Crippen molar-refractivity contribution >= 4 is 5.78 Å². The van der Waals surface area contributed by atoms with Crippen molar-refractivity contribution < 1.29 is 9.53 Å². The number of benzene rings is 2. The van der Waals surface area contributed by atoms with E-state index in [1.165, 1.54) is 0 Å². The second-order valence-corrected chi connectivity index (χ2v) is 5.20. The topological polar surface area (TPSA) is 26.3 Å². The molecule has 0 fully saturated rings. The zero-order valence-electron chi connectivity index (χ0n) is 12.8. The van der Waals surface area contributed by atoms with E-state index in [-0.39, 0.29) is 5.78 Å². The Bertz CT molecular complexity index is 588. The third-order valence-electron chi connectivity index (χ3n) is 3.49. The van der Waals surface area contributed by atoms with E-state index in [4.69, 9.17) is 4.74 Å². The predicted molar refractivity (Wildman–Crippen MR) is 86.4 cm³/mol. The van der Waals surface area contributed by atoms with Gasteiger partial charge in [-0.05, 0) is 36.1 Å². The summed E-state index contributed by atoms with van der Waals surface area (Å²) in [6.45, 7) is 4.98. The van der Waals surface area contributed by atoms with Gasteiger partial charge in [-0.25, -0.2) is 0 Å². The Morgan fingerprint density at radius 3 is 2.48 bits per heavy atom. The van der Waals surface area contributed by atoms with Crippen molar-refractivity contribution in [2.75, 3.05) is 6.61 Å². The number of carbonyl (C=O) groups is 1. The summed E-state index contributed by atoms with van der Waals surface area (Å²) in [6.07, 6.45) is 2.16. The second kappa shape index (κ2) is 7.75. The van der Waals surface area contributed by atoms with E-state index in [2.05, 4.69) is 25.1 Å². The molecular weight excluding hydrogens is 260 g/mol.